The van der Waals surface area contributed by atoms with Gasteiger partial charge in [0.1, 0.15) is 0 Å². The van der Waals surface area contributed by atoms with E-state index in [1.807, 2.05) is 60.4 Å². The number of urea groups is 1. The van der Waals surface area contributed by atoms with Crippen molar-refractivity contribution in [3.63, 3.8) is 0 Å². The highest BCUT2D eigenvalue weighted by Crippen LogP contribution is 2.13. The lowest BCUT2D eigenvalue weighted by Gasteiger charge is -2.34. The number of anilines is 1. The van der Waals surface area contributed by atoms with Gasteiger partial charge in [-0.2, -0.15) is 0 Å². The Balaban J connectivity index is 1.54. The van der Waals surface area contributed by atoms with Crippen LogP contribution in [0.5, 0.6) is 0 Å². The molecule has 1 heterocycles. The van der Waals surface area contributed by atoms with E-state index in [0.717, 1.165) is 17.7 Å². The molecule has 136 valence electrons. The van der Waals surface area contributed by atoms with Gasteiger partial charge in [0.25, 0.3) is 5.91 Å². The van der Waals surface area contributed by atoms with Gasteiger partial charge >= 0.3 is 6.03 Å². The fourth-order valence-electron chi connectivity index (χ4n) is 3.10. The number of nitrogens with one attached hydrogen (secondary N) is 1. The van der Waals surface area contributed by atoms with E-state index in [9.17, 15) is 9.59 Å². The van der Waals surface area contributed by atoms with Crippen molar-refractivity contribution in [2.24, 2.45) is 0 Å². The number of piperazine rings is 1. The van der Waals surface area contributed by atoms with E-state index in [1.54, 1.807) is 4.90 Å². The van der Waals surface area contributed by atoms with Crippen molar-refractivity contribution in [2.45, 2.75) is 20.3 Å². The highest BCUT2D eigenvalue weighted by Gasteiger charge is 2.24. The van der Waals surface area contributed by atoms with Crippen LogP contribution in [0.1, 0.15) is 28.4 Å². The van der Waals surface area contributed by atoms with Gasteiger partial charge in [0, 0.05) is 37.4 Å². The second-order valence-electron chi connectivity index (χ2n) is 6.63. The molecule has 0 saturated carbocycles. The Bertz CT molecular complexity index is 778. The second kappa shape index (κ2) is 8.04. The number of carbonyl (C=O) groups is 2. The van der Waals surface area contributed by atoms with E-state index in [0.29, 0.717) is 31.7 Å². The van der Waals surface area contributed by atoms with Crippen molar-refractivity contribution in [3.8, 4) is 0 Å². The molecule has 2 aromatic rings. The third-order valence-corrected chi connectivity index (χ3v) is 4.73. The van der Waals surface area contributed by atoms with Crippen molar-refractivity contribution in [1.29, 1.82) is 0 Å². The minimum Gasteiger partial charge on any atom is -0.335 e. The summed E-state index contributed by atoms with van der Waals surface area (Å²) in [6.45, 7) is 6.27. The van der Waals surface area contributed by atoms with Crippen LogP contribution < -0.4 is 5.32 Å². The van der Waals surface area contributed by atoms with Crippen molar-refractivity contribution in [2.75, 3.05) is 31.5 Å². The molecule has 1 aliphatic heterocycles. The number of rotatable bonds is 3. The summed E-state index contributed by atoms with van der Waals surface area (Å²) in [4.78, 5) is 28.6. The van der Waals surface area contributed by atoms with Crippen molar-refractivity contribution < 1.29 is 9.59 Å². The van der Waals surface area contributed by atoms with Crippen LogP contribution in [0.3, 0.4) is 0 Å². The molecule has 5 nitrogen and oxygen atoms in total. The van der Waals surface area contributed by atoms with Crippen LogP contribution in [0.2, 0.25) is 0 Å². The fourth-order valence-corrected chi connectivity index (χ4v) is 3.10. The number of amides is 3. The number of benzene rings is 2. The Labute approximate surface area is 154 Å². The molecule has 0 aromatic heterocycles. The van der Waals surface area contributed by atoms with Crippen LogP contribution in [-0.4, -0.2) is 47.9 Å². The molecule has 0 bridgehead atoms. The molecule has 3 rings (SSSR count). The molecule has 1 fully saturated rings. The molecule has 0 atom stereocenters. The average molecular weight is 351 g/mol. The number of nitrogens with zero attached hydrogens (tertiary/aromatic N) is 2. The van der Waals surface area contributed by atoms with Crippen LogP contribution in [0.15, 0.2) is 48.5 Å². The van der Waals surface area contributed by atoms with Gasteiger partial charge < -0.3 is 15.1 Å². The Kier molecular flexibility index (Phi) is 5.56. The van der Waals surface area contributed by atoms with E-state index in [1.165, 1.54) is 5.56 Å². The van der Waals surface area contributed by atoms with Crippen molar-refractivity contribution >= 4 is 17.6 Å². The summed E-state index contributed by atoms with van der Waals surface area (Å²) < 4.78 is 0. The summed E-state index contributed by atoms with van der Waals surface area (Å²) in [5.74, 6) is 0.0337. The Morgan fingerprint density at radius 2 is 1.62 bits per heavy atom. The lowest BCUT2D eigenvalue weighted by molar-refractivity contribution is 0.0671. The molecule has 1 aliphatic rings. The molecule has 5 heteroatoms. The minimum absolute atomic E-state index is 0.0337. The summed E-state index contributed by atoms with van der Waals surface area (Å²) >= 11 is 0. The monoisotopic (exact) mass is 351 g/mol. The van der Waals surface area contributed by atoms with E-state index in [-0.39, 0.29) is 11.9 Å². The molecular weight excluding hydrogens is 326 g/mol. The Hall–Kier alpha value is -2.82. The van der Waals surface area contributed by atoms with E-state index in [4.69, 9.17) is 0 Å². The maximum absolute atomic E-state index is 12.6. The maximum atomic E-state index is 12.6. The first-order valence-corrected chi connectivity index (χ1v) is 9.07. The molecule has 0 spiro atoms. The van der Waals surface area contributed by atoms with Gasteiger partial charge in [0.15, 0.2) is 0 Å². The van der Waals surface area contributed by atoms with Gasteiger partial charge in [-0.3, -0.25) is 4.79 Å². The number of carbonyl (C=O) groups excluding carboxylic acids is 2. The van der Waals surface area contributed by atoms with E-state index >= 15 is 0 Å². The Morgan fingerprint density at radius 3 is 2.23 bits per heavy atom. The standard InChI is InChI=1S/C21H25N3O2/c1-3-17-7-9-18(10-8-17)20(25)23-11-13-24(14-12-23)21(26)22-19-6-4-5-16(2)15-19/h4-10,15H,3,11-14H2,1-2H3,(H,22,26). The normalized spacial score (nSPS) is 14.2. The molecule has 26 heavy (non-hydrogen) atoms. The third-order valence-electron chi connectivity index (χ3n) is 4.73. The van der Waals surface area contributed by atoms with Gasteiger partial charge in [-0.1, -0.05) is 31.2 Å². The smallest absolute Gasteiger partial charge is 0.321 e. The summed E-state index contributed by atoms with van der Waals surface area (Å²) in [5, 5.41) is 2.92. The predicted molar refractivity (Wildman–Crippen MR) is 103 cm³/mol. The van der Waals surface area contributed by atoms with Gasteiger partial charge in [-0.15, -0.1) is 0 Å². The summed E-state index contributed by atoms with van der Waals surface area (Å²) in [6, 6.07) is 15.4. The first kappa shape index (κ1) is 18.0. The zero-order valence-electron chi connectivity index (χ0n) is 15.4. The SMILES string of the molecule is CCc1ccc(C(=O)N2CCN(C(=O)Nc3cccc(C)c3)CC2)cc1. The number of aryl methyl sites for hydroxylation is 2. The molecular formula is C21H25N3O2. The Morgan fingerprint density at radius 1 is 0.962 bits per heavy atom. The lowest BCUT2D eigenvalue weighted by Crippen LogP contribution is -2.51. The van der Waals surface area contributed by atoms with Crippen molar-refractivity contribution in [3.05, 3.63) is 65.2 Å². The third kappa shape index (κ3) is 4.23. The number of hydrogen-bond donors (Lipinski definition) is 1. The van der Waals surface area contributed by atoms with Gasteiger partial charge in [-0.25, -0.2) is 4.79 Å². The van der Waals surface area contributed by atoms with Gasteiger partial charge in [-0.05, 0) is 48.7 Å². The van der Waals surface area contributed by atoms with Crippen LogP contribution in [0.4, 0.5) is 10.5 Å². The topological polar surface area (TPSA) is 52.7 Å². The second-order valence-corrected chi connectivity index (χ2v) is 6.63. The lowest BCUT2D eigenvalue weighted by atomic mass is 10.1. The fraction of sp³-hybridized carbons (Fsp3) is 0.333. The molecule has 1 saturated heterocycles. The minimum atomic E-state index is -0.116. The van der Waals surface area contributed by atoms with E-state index in [2.05, 4.69) is 12.2 Å². The number of hydrogen-bond acceptors (Lipinski definition) is 2. The van der Waals surface area contributed by atoms with Crippen LogP contribution >= 0.6 is 0 Å². The predicted octanol–water partition coefficient (Wildman–Crippen LogP) is 3.55. The van der Waals surface area contributed by atoms with Crippen LogP contribution in [0, 0.1) is 6.92 Å². The van der Waals surface area contributed by atoms with Gasteiger partial charge in [0.2, 0.25) is 0 Å². The van der Waals surface area contributed by atoms with E-state index < -0.39 is 0 Å². The van der Waals surface area contributed by atoms with Crippen LogP contribution in [-0.2, 0) is 6.42 Å². The quantitative estimate of drug-likeness (QED) is 0.919. The highest BCUT2D eigenvalue weighted by molar-refractivity contribution is 5.94. The average Bonchev–Trinajstić information content (AvgIpc) is 2.67. The molecule has 0 unspecified atom stereocenters. The summed E-state index contributed by atoms with van der Waals surface area (Å²) in [7, 11) is 0. The van der Waals surface area contributed by atoms with Crippen molar-refractivity contribution in [1.82, 2.24) is 9.80 Å². The maximum Gasteiger partial charge on any atom is 0.321 e. The summed E-state index contributed by atoms with van der Waals surface area (Å²) in [6.07, 6.45) is 0.962. The molecule has 0 radical (unpaired) electrons. The van der Waals surface area contributed by atoms with Gasteiger partial charge in [0.05, 0.1) is 0 Å². The molecule has 1 N–H and O–H groups in total. The largest absolute Gasteiger partial charge is 0.335 e. The highest BCUT2D eigenvalue weighted by atomic mass is 16.2. The first-order chi connectivity index (χ1) is 12.6. The summed E-state index contributed by atoms with van der Waals surface area (Å²) in [5.41, 5.74) is 3.83. The zero-order chi connectivity index (χ0) is 18.5. The molecule has 2 aromatic carbocycles. The molecule has 3 amide bonds. The van der Waals surface area contributed by atoms with Crippen LogP contribution in [0.25, 0.3) is 0 Å². The zero-order valence-corrected chi connectivity index (χ0v) is 15.4. The first-order valence-electron chi connectivity index (χ1n) is 9.07. The molecule has 0 aliphatic carbocycles.